The summed E-state index contributed by atoms with van der Waals surface area (Å²) >= 11 is 6.09. The Morgan fingerprint density at radius 3 is 2.51 bits per heavy atom. The van der Waals surface area contributed by atoms with E-state index in [1.165, 1.54) is 12.1 Å². The van der Waals surface area contributed by atoms with Crippen molar-refractivity contribution in [3.8, 4) is 5.75 Å². The van der Waals surface area contributed by atoms with Gasteiger partial charge in [-0.25, -0.2) is 9.18 Å². The van der Waals surface area contributed by atoms with Crippen LogP contribution in [0.3, 0.4) is 0 Å². The summed E-state index contributed by atoms with van der Waals surface area (Å²) in [6.07, 6.45) is 1.18. The summed E-state index contributed by atoms with van der Waals surface area (Å²) in [7, 11) is 1.57. The van der Waals surface area contributed by atoms with Crippen molar-refractivity contribution in [3.63, 3.8) is 0 Å². The molecule has 2 aromatic rings. The minimum absolute atomic E-state index is 0.0671. The number of nitrogens with zero attached hydrogens (tertiary/aromatic N) is 1. The summed E-state index contributed by atoms with van der Waals surface area (Å²) in [5.74, 6) is -0.354. The molecule has 11 heteroatoms. The number of benzene rings is 2. The van der Waals surface area contributed by atoms with Gasteiger partial charge in [-0.3, -0.25) is 4.79 Å². The number of rotatable bonds is 11. The zero-order chi connectivity index (χ0) is 28.4. The number of halogens is 2. The van der Waals surface area contributed by atoms with Crippen LogP contribution in [0.1, 0.15) is 44.0 Å². The lowest BCUT2D eigenvalue weighted by molar-refractivity contribution is -0.00872. The number of piperidine rings is 1. The van der Waals surface area contributed by atoms with Crippen molar-refractivity contribution in [3.05, 3.63) is 52.8 Å². The summed E-state index contributed by atoms with van der Waals surface area (Å²) in [5, 5.41) is 5.89. The Bertz CT molecular complexity index is 1120. The number of hydrogen-bond acceptors (Lipinski definition) is 7. The van der Waals surface area contributed by atoms with E-state index in [4.69, 9.17) is 30.5 Å². The van der Waals surface area contributed by atoms with Gasteiger partial charge in [0.15, 0.2) is 6.79 Å². The molecule has 2 amide bonds. The predicted molar refractivity (Wildman–Crippen MR) is 148 cm³/mol. The highest BCUT2D eigenvalue weighted by Crippen LogP contribution is 2.29. The minimum Gasteiger partial charge on any atom is -0.467 e. The minimum atomic E-state index is -0.542. The second kappa shape index (κ2) is 14.3. The number of carbonyl (C=O) groups is 2. The molecular weight excluding hydrogens is 529 g/mol. The summed E-state index contributed by atoms with van der Waals surface area (Å²) in [6.45, 7) is 7.98. The molecule has 0 atom stereocenters. The fourth-order valence-electron chi connectivity index (χ4n) is 4.07. The summed E-state index contributed by atoms with van der Waals surface area (Å²) in [5.41, 5.74) is 0.427. The zero-order valence-corrected chi connectivity index (χ0v) is 23.6. The monoisotopic (exact) mass is 565 g/mol. The third-order valence-electron chi connectivity index (χ3n) is 6.01. The van der Waals surface area contributed by atoms with Crippen molar-refractivity contribution >= 4 is 35.0 Å². The Kier molecular flexibility index (Phi) is 11.2. The van der Waals surface area contributed by atoms with Gasteiger partial charge in [0, 0.05) is 37.5 Å². The van der Waals surface area contributed by atoms with Gasteiger partial charge >= 0.3 is 6.09 Å². The molecule has 0 bridgehead atoms. The smallest absolute Gasteiger partial charge is 0.407 e. The molecule has 0 unspecified atom stereocenters. The molecule has 2 N–H and O–H groups in total. The molecule has 214 valence electrons. The number of nitrogens with one attached hydrogen (secondary N) is 2. The Labute approximate surface area is 233 Å². The Morgan fingerprint density at radius 1 is 1.10 bits per heavy atom. The van der Waals surface area contributed by atoms with E-state index in [-0.39, 0.29) is 24.0 Å². The van der Waals surface area contributed by atoms with Gasteiger partial charge in [0.25, 0.3) is 5.91 Å². The Balaban J connectivity index is 1.54. The van der Waals surface area contributed by atoms with E-state index < -0.39 is 23.4 Å². The normalized spacial score (nSPS) is 14.2. The molecule has 1 heterocycles. The standard InChI is InChI=1S/C28H37ClFN3O6/c1-28(2,3)39-27(35)31-17-19-9-11-33(12-10-19)24-7-6-21(16-23(24)30)32-26(34)22-15-20(29)5-8-25(22)38-18-37-14-13-36-4/h5-8,15-16,19H,9-14,17-18H2,1-4H3,(H,31,35)(H,32,34). The largest absolute Gasteiger partial charge is 0.467 e. The lowest BCUT2D eigenvalue weighted by Gasteiger charge is -2.34. The van der Waals surface area contributed by atoms with Crippen molar-refractivity contribution in [2.24, 2.45) is 5.92 Å². The molecule has 0 spiro atoms. The number of anilines is 2. The summed E-state index contributed by atoms with van der Waals surface area (Å²) in [6, 6.07) is 9.27. The van der Waals surface area contributed by atoms with Gasteiger partial charge in [-0.15, -0.1) is 0 Å². The van der Waals surface area contributed by atoms with E-state index in [9.17, 15) is 9.59 Å². The Morgan fingerprint density at radius 2 is 1.85 bits per heavy atom. The molecule has 0 aromatic heterocycles. The summed E-state index contributed by atoms with van der Waals surface area (Å²) in [4.78, 5) is 26.8. The van der Waals surface area contributed by atoms with E-state index >= 15 is 4.39 Å². The fourth-order valence-corrected chi connectivity index (χ4v) is 4.24. The molecule has 1 fully saturated rings. The van der Waals surface area contributed by atoms with Crippen LogP contribution in [0, 0.1) is 11.7 Å². The maximum atomic E-state index is 15.1. The van der Waals surface area contributed by atoms with Crippen LogP contribution in [0.5, 0.6) is 5.75 Å². The van der Waals surface area contributed by atoms with E-state index in [1.54, 1.807) is 31.4 Å². The second-order valence-electron chi connectivity index (χ2n) is 10.2. The molecule has 1 saturated heterocycles. The highest BCUT2D eigenvalue weighted by molar-refractivity contribution is 6.31. The lowest BCUT2D eigenvalue weighted by atomic mass is 9.96. The topological polar surface area (TPSA) is 98.4 Å². The van der Waals surface area contributed by atoms with Gasteiger partial charge in [-0.05, 0) is 75.9 Å². The molecule has 1 aliphatic rings. The first kappa shape index (κ1) is 30.5. The van der Waals surface area contributed by atoms with Crippen LogP contribution < -0.4 is 20.3 Å². The molecule has 0 saturated carbocycles. The van der Waals surface area contributed by atoms with Gasteiger partial charge in [0.2, 0.25) is 0 Å². The van der Waals surface area contributed by atoms with Crippen LogP contribution in [0.4, 0.5) is 20.6 Å². The molecular formula is C28H37ClFN3O6. The van der Waals surface area contributed by atoms with Crippen LogP contribution in [0.25, 0.3) is 0 Å². The van der Waals surface area contributed by atoms with Crippen molar-refractivity contribution < 1.29 is 32.9 Å². The number of carbonyl (C=O) groups excluding carboxylic acids is 2. The van der Waals surface area contributed by atoms with Crippen molar-refractivity contribution in [1.82, 2.24) is 5.32 Å². The molecule has 39 heavy (non-hydrogen) atoms. The maximum absolute atomic E-state index is 15.1. The molecule has 0 aliphatic carbocycles. The van der Waals surface area contributed by atoms with Crippen molar-refractivity contribution in [2.75, 3.05) is 57.0 Å². The van der Waals surface area contributed by atoms with Crippen LogP contribution in [0.15, 0.2) is 36.4 Å². The van der Waals surface area contributed by atoms with Gasteiger partial charge in [0.05, 0.1) is 24.5 Å². The second-order valence-corrected chi connectivity index (χ2v) is 10.7. The number of amides is 2. The number of methoxy groups -OCH3 is 1. The fraction of sp³-hybridized carbons (Fsp3) is 0.500. The quantitative estimate of drug-likeness (QED) is 0.275. The van der Waals surface area contributed by atoms with Crippen molar-refractivity contribution in [1.29, 1.82) is 0 Å². The SMILES string of the molecule is COCCOCOc1ccc(Cl)cc1C(=O)Nc1ccc(N2CCC(CNC(=O)OC(C)(C)C)CC2)c(F)c1. The van der Waals surface area contributed by atoms with Gasteiger partial charge in [-0.2, -0.15) is 0 Å². The first-order valence-corrected chi connectivity index (χ1v) is 13.2. The van der Waals surface area contributed by atoms with Crippen LogP contribution in [-0.2, 0) is 14.2 Å². The molecule has 1 aliphatic heterocycles. The van der Waals surface area contributed by atoms with Crippen LogP contribution in [-0.4, -0.2) is 64.4 Å². The average molecular weight is 566 g/mol. The highest BCUT2D eigenvalue weighted by Gasteiger charge is 2.23. The predicted octanol–water partition coefficient (Wildman–Crippen LogP) is 5.47. The molecule has 2 aromatic carbocycles. The van der Waals surface area contributed by atoms with Gasteiger partial charge in [0.1, 0.15) is 17.2 Å². The Hall–Kier alpha value is -3.08. The van der Waals surface area contributed by atoms with E-state index in [2.05, 4.69) is 10.6 Å². The molecule has 0 radical (unpaired) electrons. The molecule has 9 nitrogen and oxygen atoms in total. The first-order chi connectivity index (χ1) is 18.6. The third-order valence-corrected chi connectivity index (χ3v) is 6.25. The summed E-state index contributed by atoms with van der Waals surface area (Å²) < 4.78 is 36.1. The van der Waals surface area contributed by atoms with Gasteiger partial charge < -0.3 is 34.5 Å². The first-order valence-electron chi connectivity index (χ1n) is 12.9. The highest BCUT2D eigenvalue weighted by atomic mass is 35.5. The van der Waals surface area contributed by atoms with Crippen molar-refractivity contribution in [2.45, 2.75) is 39.2 Å². The number of hydrogen-bond donors (Lipinski definition) is 2. The zero-order valence-electron chi connectivity index (χ0n) is 22.9. The van der Waals surface area contributed by atoms with Crippen LogP contribution >= 0.6 is 11.6 Å². The number of ether oxygens (including phenoxy) is 4. The van der Waals surface area contributed by atoms with Gasteiger partial charge in [-0.1, -0.05) is 11.6 Å². The van der Waals surface area contributed by atoms with Crippen LogP contribution in [0.2, 0.25) is 5.02 Å². The van der Waals surface area contributed by atoms with E-state index in [0.717, 1.165) is 12.8 Å². The van der Waals surface area contributed by atoms with E-state index in [0.29, 0.717) is 49.2 Å². The third kappa shape index (κ3) is 9.87. The lowest BCUT2D eigenvalue weighted by Crippen LogP contribution is -2.40. The number of alkyl carbamates (subject to hydrolysis) is 1. The average Bonchev–Trinajstić information content (AvgIpc) is 2.87. The maximum Gasteiger partial charge on any atom is 0.407 e. The molecule has 3 rings (SSSR count). The van der Waals surface area contributed by atoms with E-state index in [1.807, 2.05) is 25.7 Å².